The summed E-state index contributed by atoms with van der Waals surface area (Å²) in [7, 11) is 0. The molecular weight excluding hydrogens is 339 g/mol. The number of amides is 1. The summed E-state index contributed by atoms with van der Waals surface area (Å²) < 4.78 is 5.67. The summed E-state index contributed by atoms with van der Waals surface area (Å²) in [6.07, 6.45) is 0.845. The first kappa shape index (κ1) is 16.8. The van der Waals surface area contributed by atoms with Crippen molar-refractivity contribution in [2.75, 3.05) is 19.7 Å². The van der Waals surface area contributed by atoms with E-state index in [1.807, 2.05) is 13.8 Å². The molecule has 8 heteroatoms. The average molecular weight is 354 g/mol. The van der Waals surface area contributed by atoms with E-state index in [0.29, 0.717) is 6.54 Å². The Bertz CT molecular complexity index is 566. The molecule has 116 valence electrons. The molecule has 1 aliphatic heterocycles. The second-order valence-corrected chi connectivity index (χ2v) is 6.61. The first-order valence-corrected chi connectivity index (χ1v) is 7.46. The highest BCUT2D eigenvalue weighted by atomic mass is 35.5. The van der Waals surface area contributed by atoms with Gasteiger partial charge < -0.3 is 14.7 Å². The minimum Gasteiger partial charge on any atom is -0.394 e. The van der Waals surface area contributed by atoms with Gasteiger partial charge in [-0.05, 0) is 13.8 Å². The number of hydrogen-bond donors (Lipinski definition) is 1. The molecule has 1 fully saturated rings. The molecule has 0 radical (unpaired) electrons. The maximum absolute atomic E-state index is 12.6. The van der Waals surface area contributed by atoms with E-state index in [0.717, 1.165) is 0 Å². The zero-order chi connectivity index (χ0) is 15.8. The van der Waals surface area contributed by atoms with Gasteiger partial charge >= 0.3 is 0 Å². The smallest absolute Gasteiger partial charge is 0.274 e. The highest BCUT2D eigenvalue weighted by molar-refractivity contribution is 6.48. The molecule has 1 unspecified atom stereocenters. The van der Waals surface area contributed by atoms with Crippen molar-refractivity contribution >= 4 is 40.7 Å². The maximum Gasteiger partial charge on any atom is 0.274 e. The van der Waals surface area contributed by atoms with Crippen LogP contribution in [-0.2, 0) is 4.74 Å². The molecule has 1 N–H and O–H groups in total. The molecule has 21 heavy (non-hydrogen) atoms. The van der Waals surface area contributed by atoms with Crippen LogP contribution in [0, 0.1) is 0 Å². The Kier molecular flexibility index (Phi) is 5.00. The number of aromatic nitrogens is 1. The van der Waals surface area contributed by atoms with Crippen LogP contribution in [0.15, 0.2) is 6.20 Å². The van der Waals surface area contributed by atoms with Crippen molar-refractivity contribution in [1.82, 2.24) is 9.88 Å². The molecule has 0 saturated carbocycles. The lowest BCUT2D eigenvalue weighted by atomic mass is 10.0. The minimum absolute atomic E-state index is 0.0269. The van der Waals surface area contributed by atoms with E-state index in [2.05, 4.69) is 4.98 Å². The van der Waals surface area contributed by atoms with Crippen LogP contribution in [0.5, 0.6) is 0 Å². The van der Waals surface area contributed by atoms with Gasteiger partial charge in [-0.15, -0.1) is 0 Å². The average Bonchev–Trinajstić information content (AvgIpc) is 2.42. The Morgan fingerprint density at radius 3 is 2.76 bits per heavy atom. The van der Waals surface area contributed by atoms with Crippen LogP contribution in [0.4, 0.5) is 0 Å². The molecule has 2 rings (SSSR count). The van der Waals surface area contributed by atoms with E-state index >= 15 is 0 Å². The summed E-state index contributed by atoms with van der Waals surface area (Å²) in [5.41, 5.74) is -0.523. The van der Waals surface area contributed by atoms with E-state index in [9.17, 15) is 9.90 Å². The van der Waals surface area contributed by atoms with Gasteiger partial charge in [0.15, 0.2) is 0 Å². The predicted octanol–water partition coefficient (Wildman–Crippen LogP) is 2.65. The minimum atomic E-state index is -0.565. The van der Waals surface area contributed by atoms with E-state index < -0.39 is 11.7 Å². The van der Waals surface area contributed by atoms with Crippen LogP contribution in [-0.4, -0.2) is 52.3 Å². The fourth-order valence-electron chi connectivity index (χ4n) is 2.29. The van der Waals surface area contributed by atoms with Crippen molar-refractivity contribution in [3.05, 3.63) is 27.0 Å². The van der Waals surface area contributed by atoms with Crippen molar-refractivity contribution in [3.63, 3.8) is 0 Å². The lowest BCUT2D eigenvalue weighted by Crippen LogP contribution is -2.55. The Morgan fingerprint density at radius 2 is 2.14 bits per heavy atom. The Morgan fingerprint density at radius 1 is 1.48 bits per heavy atom. The number of morpholine rings is 1. The van der Waals surface area contributed by atoms with Gasteiger partial charge in [-0.1, -0.05) is 34.8 Å². The largest absolute Gasteiger partial charge is 0.394 e. The van der Waals surface area contributed by atoms with Crippen LogP contribution < -0.4 is 0 Å². The Balaban J connectivity index is 2.29. The molecule has 2 heterocycles. The number of aliphatic hydroxyl groups excluding tert-OH is 1. The molecule has 5 nitrogen and oxygen atoms in total. The van der Waals surface area contributed by atoms with Gasteiger partial charge in [0.2, 0.25) is 0 Å². The summed E-state index contributed by atoms with van der Waals surface area (Å²) in [4.78, 5) is 18.1. The van der Waals surface area contributed by atoms with E-state index in [-0.39, 0.29) is 39.8 Å². The third-order valence-corrected chi connectivity index (χ3v) is 4.33. The molecule has 1 amide bonds. The number of carbonyl (C=O) groups is 1. The normalized spacial score (nSPS) is 21.4. The molecule has 1 saturated heterocycles. The van der Waals surface area contributed by atoms with Crippen LogP contribution in [0.2, 0.25) is 15.1 Å². The number of halogens is 3. The highest BCUT2D eigenvalue weighted by Gasteiger charge is 2.36. The third-order valence-electron chi connectivity index (χ3n) is 3.09. The first-order valence-electron chi connectivity index (χ1n) is 6.32. The number of rotatable bonds is 2. The van der Waals surface area contributed by atoms with Gasteiger partial charge in [-0.2, -0.15) is 0 Å². The van der Waals surface area contributed by atoms with Crippen molar-refractivity contribution in [1.29, 1.82) is 0 Å². The molecule has 0 aliphatic carbocycles. The second-order valence-electron chi connectivity index (χ2n) is 5.45. The van der Waals surface area contributed by atoms with Crippen molar-refractivity contribution in [2.45, 2.75) is 25.6 Å². The number of pyridine rings is 1. The Hall–Kier alpha value is -0.590. The van der Waals surface area contributed by atoms with Crippen molar-refractivity contribution < 1.29 is 14.6 Å². The van der Waals surface area contributed by atoms with Crippen LogP contribution in [0.1, 0.15) is 24.3 Å². The molecule has 0 bridgehead atoms. The lowest BCUT2D eigenvalue weighted by molar-refractivity contribution is -0.139. The zero-order valence-corrected chi connectivity index (χ0v) is 13.8. The molecule has 1 aromatic rings. The SMILES string of the molecule is CC1(C)CN(C(=O)c2ncc(Cl)c(Cl)c2Cl)CC(CO)O1. The van der Waals surface area contributed by atoms with Crippen molar-refractivity contribution in [3.8, 4) is 0 Å². The topological polar surface area (TPSA) is 62.7 Å². The second kappa shape index (κ2) is 6.26. The number of nitrogens with zero attached hydrogens (tertiary/aromatic N) is 2. The van der Waals surface area contributed by atoms with Gasteiger partial charge in [0.05, 0.1) is 33.4 Å². The van der Waals surface area contributed by atoms with Crippen LogP contribution >= 0.6 is 34.8 Å². The van der Waals surface area contributed by atoms with Gasteiger partial charge in [-0.25, -0.2) is 4.98 Å². The summed E-state index contributed by atoms with van der Waals surface area (Å²) >= 11 is 17.8. The lowest BCUT2D eigenvalue weighted by Gasteiger charge is -2.42. The zero-order valence-electron chi connectivity index (χ0n) is 11.6. The van der Waals surface area contributed by atoms with Crippen LogP contribution in [0.25, 0.3) is 0 Å². The van der Waals surface area contributed by atoms with Gasteiger partial charge in [0, 0.05) is 19.3 Å². The molecule has 0 aromatic carbocycles. The van der Waals surface area contributed by atoms with Gasteiger partial charge in [-0.3, -0.25) is 4.79 Å². The summed E-state index contributed by atoms with van der Waals surface area (Å²) in [6, 6.07) is 0. The molecule has 1 aliphatic rings. The number of ether oxygens (including phenoxy) is 1. The monoisotopic (exact) mass is 352 g/mol. The fourth-order valence-corrected chi connectivity index (χ4v) is 2.85. The third kappa shape index (κ3) is 3.60. The van der Waals surface area contributed by atoms with E-state index in [1.54, 1.807) is 4.90 Å². The summed E-state index contributed by atoms with van der Waals surface area (Å²) in [6.45, 7) is 4.14. The highest BCUT2D eigenvalue weighted by Crippen LogP contribution is 2.32. The van der Waals surface area contributed by atoms with Gasteiger partial charge in [0.1, 0.15) is 5.69 Å². The van der Waals surface area contributed by atoms with E-state index in [1.165, 1.54) is 6.20 Å². The van der Waals surface area contributed by atoms with Gasteiger partial charge in [0.25, 0.3) is 5.91 Å². The van der Waals surface area contributed by atoms with E-state index in [4.69, 9.17) is 39.5 Å². The molecule has 1 aromatic heterocycles. The molecule has 1 atom stereocenters. The first-order chi connectivity index (χ1) is 9.75. The Labute approximate surface area is 137 Å². The fraction of sp³-hybridized carbons (Fsp3) is 0.538. The summed E-state index contributed by atoms with van der Waals surface area (Å²) in [5.74, 6) is -0.367. The number of aliphatic hydroxyl groups is 1. The number of carbonyl (C=O) groups excluding carboxylic acids is 1. The number of hydrogen-bond acceptors (Lipinski definition) is 4. The standard InChI is InChI=1S/C13H15Cl3N2O3/c1-13(2)6-18(4-7(5-19)21-13)12(20)11-10(16)9(15)8(14)3-17-11/h3,7,19H,4-6H2,1-2H3. The van der Waals surface area contributed by atoms with Crippen molar-refractivity contribution in [2.24, 2.45) is 0 Å². The summed E-state index contributed by atoms with van der Waals surface area (Å²) in [5, 5.41) is 9.60. The predicted molar refractivity (Wildman–Crippen MR) is 81.2 cm³/mol. The van der Waals surface area contributed by atoms with Crippen LogP contribution in [0.3, 0.4) is 0 Å². The maximum atomic E-state index is 12.6. The molecule has 0 spiro atoms. The quantitative estimate of drug-likeness (QED) is 0.888. The molecular formula is C13H15Cl3N2O3.